The van der Waals surface area contributed by atoms with E-state index in [9.17, 15) is 0 Å². The third kappa shape index (κ3) is 2.83. The summed E-state index contributed by atoms with van der Waals surface area (Å²) in [5, 5.41) is 12.4. The molecule has 4 nitrogen and oxygen atoms in total. The summed E-state index contributed by atoms with van der Waals surface area (Å²) in [5.74, 6) is 0.721. The smallest absolute Gasteiger partial charge is 0.184 e. The number of hydrogen-bond acceptors (Lipinski definition) is 3. The van der Waals surface area contributed by atoms with Gasteiger partial charge in [0.25, 0.3) is 0 Å². The first kappa shape index (κ1) is 12.7. The summed E-state index contributed by atoms with van der Waals surface area (Å²) in [7, 11) is 0. The lowest BCUT2D eigenvalue weighted by Crippen LogP contribution is -1.93. The van der Waals surface area contributed by atoms with Crippen LogP contribution in [0.5, 0.6) is 0 Å². The minimum absolute atomic E-state index is 0.721. The molecule has 0 saturated carbocycles. The van der Waals surface area contributed by atoms with Crippen molar-refractivity contribution in [3.8, 4) is 11.4 Å². The highest BCUT2D eigenvalue weighted by atomic mass is 79.9. The third-order valence-electron chi connectivity index (χ3n) is 2.76. The SMILES string of the molecule is Brc1ccc(/C=N\n2cnnc2-c2ccccc2)cc1. The molecule has 0 amide bonds. The molecule has 0 aliphatic carbocycles. The molecule has 0 N–H and O–H groups in total. The highest BCUT2D eigenvalue weighted by molar-refractivity contribution is 9.10. The summed E-state index contributed by atoms with van der Waals surface area (Å²) in [6.45, 7) is 0. The van der Waals surface area contributed by atoms with Crippen molar-refractivity contribution in [3.63, 3.8) is 0 Å². The molecule has 0 saturated heterocycles. The van der Waals surface area contributed by atoms with Gasteiger partial charge in [-0.15, -0.1) is 10.2 Å². The summed E-state index contributed by atoms with van der Waals surface area (Å²) >= 11 is 3.41. The van der Waals surface area contributed by atoms with Crippen LogP contribution in [0.25, 0.3) is 11.4 Å². The molecule has 0 unspecified atom stereocenters. The Morgan fingerprint density at radius 2 is 1.75 bits per heavy atom. The van der Waals surface area contributed by atoms with E-state index in [2.05, 4.69) is 31.2 Å². The first-order valence-corrected chi connectivity index (χ1v) is 6.87. The number of halogens is 1. The lowest BCUT2D eigenvalue weighted by atomic mass is 10.2. The van der Waals surface area contributed by atoms with Gasteiger partial charge in [0.05, 0.1) is 6.21 Å². The minimum Gasteiger partial charge on any atom is -0.200 e. The summed E-state index contributed by atoms with van der Waals surface area (Å²) < 4.78 is 2.71. The van der Waals surface area contributed by atoms with Crippen molar-refractivity contribution in [1.29, 1.82) is 0 Å². The molecule has 0 aliphatic rings. The van der Waals surface area contributed by atoms with E-state index in [4.69, 9.17) is 0 Å². The van der Waals surface area contributed by atoms with Crippen LogP contribution in [0.3, 0.4) is 0 Å². The highest BCUT2D eigenvalue weighted by Gasteiger charge is 2.04. The average molecular weight is 327 g/mol. The van der Waals surface area contributed by atoms with Crippen molar-refractivity contribution in [3.05, 3.63) is 71.0 Å². The molecular weight excluding hydrogens is 316 g/mol. The molecule has 1 heterocycles. The van der Waals surface area contributed by atoms with Gasteiger partial charge in [0, 0.05) is 10.0 Å². The van der Waals surface area contributed by atoms with Crippen LogP contribution < -0.4 is 0 Å². The molecule has 0 bridgehead atoms. The average Bonchev–Trinajstić information content (AvgIpc) is 2.96. The van der Waals surface area contributed by atoms with Crippen LogP contribution in [-0.4, -0.2) is 21.1 Å². The zero-order valence-corrected chi connectivity index (χ0v) is 12.1. The molecular formula is C15H11BrN4. The molecule has 3 rings (SSSR count). The Kier molecular flexibility index (Phi) is 3.69. The predicted molar refractivity (Wildman–Crippen MR) is 82.6 cm³/mol. The van der Waals surface area contributed by atoms with E-state index in [1.165, 1.54) is 0 Å². The third-order valence-corrected chi connectivity index (χ3v) is 3.29. The van der Waals surface area contributed by atoms with E-state index < -0.39 is 0 Å². The van der Waals surface area contributed by atoms with Crippen LogP contribution in [0.15, 0.2) is 70.5 Å². The number of aromatic nitrogens is 3. The van der Waals surface area contributed by atoms with Gasteiger partial charge in [-0.05, 0) is 17.7 Å². The first-order valence-electron chi connectivity index (χ1n) is 6.08. The Hall–Kier alpha value is -2.27. The van der Waals surface area contributed by atoms with Crippen LogP contribution in [0, 0.1) is 0 Å². The molecule has 0 atom stereocenters. The molecule has 5 heteroatoms. The second kappa shape index (κ2) is 5.79. The van der Waals surface area contributed by atoms with E-state index in [1.807, 2.05) is 54.6 Å². The number of nitrogens with zero attached hydrogens (tertiary/aromatic N) is 4. The molecule has 2 aromatic carbocycles. The van der Waals surface area contributed by atoms with E-state index in [0.717, 1.165) is 21.4 Å². The van der Waals surface area contributed by atoms with Gasteiger partial charge in [-0.1, -0.05) is 58.4 Å². The molecule has 0 radical (unpaired) electrons. The minimum atomic E-state index is 0.721. The number of benzene rings is 2. The Morgan fingerprint density at radius 3 is 2.50 bits per heavy atom. The summed E-state index contributed by atoms with van der Waals surface area (Å²) in [6.07, 6.45) is 3.37. The maximum atomic E-state index is 4.39. The predicted octanol–water partition coefficient (Wildman–Crippen LogP) is 3.59. The fraction of sp³-hybridized carbons (Fsp3) is 0. The Bertz CT molecular complexity index is 717. The maximum absolute atomic E-state index is 4.39. The van der Waals surface area contributed by atoms with Gasteiger partial charge in [-0.3, -0.25) is 0 Å². The standard InChI is InChI=1S/C15H11BrN4/c16-14-8-6-12(7-9-14)10-18-20-11-17-19-15(20)13-4-2-1-3-5-13/h1-11H/b18-10-. The van der Waals surface area contributed by atoms with E-state index in [0.29, 0.717) is 0 Å². The van der Waals surface area contributed by atoms with Crippen molar-refractivity contribution in [1.82, 2.24) is 14.9 Å². The van der Waals surface area contributed by atoms with Gasteiger partial charge in [-0.25, -0.2) is 0 Å². The maximum Gasteiger partial charge on any atom is 0.184 e. The van der Waals surface area contributed by atoms with E-state index in [1.54, 1.807) is 17.2 Å². The molecule has 3 aromatic rings. The molecule has 20 heavy (non-hydrogen) atoms. The molecule has 0 fully saturated rings. The van der Waals surface area contributed by atoms with Gasteiger partial charge in [0.2, 0.25) is 0 Å². The van der Waals surface area contributed by atoms with Crippen molar-refractivity contribution < 1.29 is 0 Å². The molecule has 1 aromatic heterocycles. The van der Waals surface area contributed by atoms with Crippen molar-refractivity contribution in [2.45, 2.75) is 0 Å². The van der Waals surface area contributed by atoms with Gasteiger partial charge >= 0.3 is 0 Å². The lowest BCUT2D eigenvalue weighted by Gasteiger charge is -2.00. The monoisotopic (exact) mass is 326 g/mol. The van der Waals surface area contributed by atoms with E-state index in [-0.39, 0.29) is 0 Å². The van der Waals surface area contributed by atoms with Crippen molar-refractivity contribution in [2.24, 2.45) is 5.10 Å². The van der Waals surface area contributed by atoms with E-state index >= 15 is 0 Å². The Morgan fingerprint density at radius 1 is 1.00 bits per heavy atom. The van der Waals surface area contributed by atoms with Crippen LogP contribution in [0.1, 0.15) is 5.56 Å². The normalized spacial score (nSPS) is 11.1. The van der Waals surface area contributed by atoms with Gasteiger partial charge in [-0.2, -0.15) is 9.78 Å². The van der Waals surface area contributed by atoms with Crippen molar-refractivity contribution >= 4 is 22.1 Å². The Labute approximate surface area is 124 Å². The van der Waals surface area contributed by atoms with Gasteiger partial charge in [0.15, 0.2) is 5.82 Å². The van der Waals surface area contributed by atoms with Gasteiger partial charge in [0.1, 0.15) is 6.33 Å². The van der Waals surface area contributed by atoms with Gasteiger partial charge < -0.3 is 0 Å². The highest BCUT2D eigenvalue weighted by Crippen LogP contribution is 2.15. The first-order chi connectivity index (χ1) is 9.83. The topological polar surface area (TPSA) is 43.1 Å². The second-order valence-electron chi connectivity index (χ2n) is 4.16. The van der Waals surface area contributed by atoms with Crippen LogP contribution in [-0.2, 0) is 0 Å². The zero-order valence-electron chi connectivity index (χ0n) is 10.5. The zero-order chi connectivity index (χ0) is 13.8. The fourth-order valence-corrected chi connectivity index (χ4v) is 2.03. The molecule has 0 spiro atoms. The lowest BCUT2D eigenvalue weighted by molar-refractivity contribution is 0.888. The quantitative estimate of drug-likeness (QED) is 0.690. The summed E-state index contributed by atoms with van der Waals surface area (Å²) in [6, 6.07) is 17.8. The number of rotatable bonds is 3. The van der Waals surface area contributed by atoms with Crippen LogP contribution in [0.4, 0.5) is 0 Å². The summed E-state index contributed by atoms with van der Waals surface area (Å²) in [4.78, 5) is 0. The Balaban J connectivity index is 1.89. The van der Waals surface area contributed by atoms with Crippen LogP contribution in [0.2, 0.25) is 0 Å². The van der Waals surface area contributed by atoms with Crippen molar-refractivity contribution in [2.75, 3.05) is 0 Å². The second-order valence-corrected chi connectivity index (χ2v) is 5.08. The largest absolute Gasteiger partial charge is 0.200 e. The number of hydrogen-bond donors (Lipinski definition) is 0. The fourth-order valence-electron chi connectivity index (χ4n) is 1.77. The molecule has 98 valence electrons. The molecule has 0 aliphatic heterocycles. The van der Waals surface area contributed by atoms with Crippen LogP contribution >= 0.6 is 15.9 Å². The summed E-state index contributed by atoms with van der Waals surface area (Å²) in [5.41, 5.74) is 2.00.